The molecular formula is C23H26N4O4. The van der Waals surface area contributed by atoms with Crippen molar-refractivity contribution in [1.29, 1.82) is 0 Å². The molecule has 0 unspecified atom stereocenters. The van der Waals surface area contributed by atoms with E-state index < -0.39 is 0 Å². The molecular weight excluding hydrogens is 396 g/mol. The Morgan fingerprint density at radius 1 is 1.00 bits per heavy atom. The minimum atomic E-state index is -0.369. The Morgan fingerprint density at radius 2 is 1.77 bits per heavy atom. The zero-order valence-corrected chi connectivity index (χ0v) is 18.0. The number of methoxy groups -OCH3 is 2. The number of fused-ring (bicyclic) bond motifs is 1. The van der Waals surface area contributed by atoms with E-state index in [2.05, 4.69) is 19.8 Å². The summed E-state index contributed by atoms with van der Waals surface area (Å²) in [5.74, 6) is 0.918. The van der Waals surface area contributed by atoms with Crippen LogP contribution < -0.4 is 19.3 Å². The number of hydrogen-bond acceptors (Lipinski definition) is 8. The second-order valence-corrected chi connectivity index (χ2v) is 7.10. The van der Waals surface area contributed by atoms with Gasteiger partial charge in [-0.25, -0.2) is 9.78 Å². The van der Waals surface area contributed by atoms with Crippen LogP contribution >= 0.6 is 0 Å². The average Bonchev–Trinajstić information content (AvgIpc) is 2.83. The number of carbonyl (C=O) groups is 1. The molecule has 0 N–H and O–H groups in total. The van der Waals surface area contributed by atoms with Crippen molar-refractivity contribution >= 4 is 28.2 Å². The molecule has 0 aliphatic carbocycles. The van der Waals surface area contributed by atoms with Crippen molar-refractivity contribution in [3.63, 3.8) is 0 Å². The van der Waals surface area contributed by atoms with Crippen molar-refractivity contribution in [2.24, 2.45) is 0 Å². The summed E-state index contributed by atoms with van der Waals surface area (Å²) in [6, 6.07) is 9.68. The van der Waals surface area contributed by atoms with Gasteiger partial charge in [-0.15, -0.1) is 0 Å². The van der Waals surface area contributed by atoms with E-state index in [1.54, 1.807) is 33.5 Å². The molecule has 8 heteroatoms. The number of ether oxygens (including phenoxy) is 3. The first-order valence-electron chi connectivity index (χ1n) is 10.3. The van der Waals surface area contributed by atoms with Gasteiger partial charge in [-0.1, -0.05) is 12.1 Å². The van der Waals surface area contributed by atoms with Crippen molar-refractivity contribution in [2.45, 2.75) is 6.92 Å². The standard InChI is InChI=1S/C23H26N4O4/c1-4-31-23(28)17-15-25-20-16(7-5-9-19(20)29-2)21(17)27-13-11-26(12-14-27)18-8-6-10-24-22(18)30-3/h5-10,15H,4,11-14H2,1-3H3. The predicted octanol–water partition coefficient (Wildman–Crippen LogP) is 3.15. The van der Waals surface area contributed by atoms with E-state index in [-0.39, 0.29) is 5.97 Å². The van der Waals surface area contributed by atoms with Gasteiger partial charge in [0.15, 0.2) is 0 Å². The average molecular weight is 422 g/mol. The van der Waals surface area contributed by atoms with Crippen molar-refractivity contribution in [2.75, 3.05) is 56.8 Å². The highest BCUT2D eigenvalue weighted by atomic mass is 16.5. The first-order chi connectivity index (χ1) is 15.2. The number of benzene rings is 1. The van der Waals surface area contributed by atoms with Crippen molar-refractivity contribution in [3.8, 4) is 11.6 Å². The Hall–Kier alpha value is -3.55. The van der Waals surface area contributed by atoms with E-state index >= 15 is 0 Å². The van der Waals surface area contributed by atoms with Gasteiger partial charge in [-0.2, -0.15) is 0 Å². The van der Waals surface area contributed by atoms with Crippen LogP contribution in [-0.4, -0.2) is 62.9 Å². The van der Waals surface area contributed by atoms with Gasteiger partial charge in [-0.05, 0) is 25.1 Å². The zero-order chi connectivity index (χ0) is 21.8. The number of esters is 1. The Morgan fingerprint density at radius 3 is 2.48 bits per heavy atom. The van der Waals surface area contributed by atoms with Crippen LogP contribution in [0, 0.1) is 0 Å². The topological polar surface area (TPSA) is 77.0 Å². The minimum absolute atomic E-state index is 0.309. The van der Waals surface area contributed by atoms with Crippen LogP contribution in [0.4, 0.5) is 11.4 Å². The highest BCUT2D eigenvalue weighted by molar-refractivity contribution is 6.06. The third-order valence-electron chi connectivity index (χ3n) is 5.43. The van der Waals surface area contributed by atoms with Gasteiger partial charge >= 0.3 is 5.97 Å². The van der Waals surface area contributed by atoms with Crippen LogP contribution in [0.2, 0.25) is 0 Å². The lowest BCUT2D eigenvalue weighted by atomic mass is 10.1. The number of carbonyl (C=O) groups excluding carboxylic acids is 1. The Bertz CT molecular complexity index is 1080. The molecule has 1 aromatic carbocycles. The van der Waals surface area contributed by atoms with Crippen LogP contribution in [0.5, 0.6) is 11.6 Å². The van der Waals surface area contributed by atoms with Crippen molar-refractivity contribution < 1.29 is 19.0 Å². The highest BCUT2D eigenvalue weighted by Crippen LogP contribution is 2.36. The molecule has 3 aromatic rings. The number of para-hydroxylation sites is 1. The maximum Gasteiger partial charge on any atom is 0.341 e. The SMILES string of the molecule is CCOC(=O)c1cnc2c(OC)cccc2c1N1CCN(c2cccnc2OC)CC1. The van der Waals surface area contributed by atoms with Gasteiger partial charge in [0.25, 0.3) is 0 Å². The second kappa shape index (κ2) is 9.07. The monoisotopic (exact) mass is 422 g/mol. The first kappa shape index (κ1) is 20.7. The van der Waals surface area contributed by atoms with E-state index in [1.807, 2.05) is 30.3 Å². The van der Waals surface area contributed by atoms with Gasteiger partial charge < -0.3 is 24.0 Å². The second-order valence-electron chi connectivity index (χ2n) is 7.10. The van der Waals surface area contributed by atoms with Gasteiger partial charge in [0.1, 0.15) is 16.8 Å². The van der Waals surface area contributed by atoms with E-state index in [4.69, 9.17) is 14.2 Å². The Kier molecular flexibility index (Phi) is 6.06. The summed E-state index contributed by atoms with van der Waals surface area (Å²) < 4.78 is 16.2. The Balaban J connectivity index is 1.70. The predicted molar refractivity (Wildman–Crippen MR) is 119 cm³/mol. The maximum absolute atomic E-state index is 12.7. The summed E-state index contributed by atoms with van der Waals surface area (Å²) >= 11 is 0. The van der Waals surface area contributed by atoms with Crippen LogP contribution in [0.15, 0.2) is 42.7 Å². The number of aromatic nitrogens is 2. The molecule has 162 valence electrons. The molecule has 1 aliphatic heterocycles. The summed E-state index contributed by atoms with van der Waals surface area (Å²) in [6.07, 6.45) is 3.31. The third-order valence-corrected chi connectivity index (χ3v) is 5.43. The summed E-state index contributed by atoms with van der Waals surface area (Å²) in [4.78, 5) is 26.0. The number of hydrogen-bond donors (Lipinski definition) is 0. The molecule has 0 radical (unpaired) electrons. The summed E-state index contributed by atoms with van der Waals surface area (Å²) in [5.41, 5.74) is 3.00. The lowest BCUT2D eigenvalue weighted by Crippen LogP contribution is -2.47. The molecule has 1 aliphatic rings. The molecule has 0 amide bonds. The van der Waals surface area contributed by atoms with Crippen molar-refractivity contribution in [1.82, 2.24) is 9.97 Å². The maximum atomic E-state index is 12.7. The fourth-order valence-corrected chi connectivity index (χ4v) is 4.00. The number of nitrogens with zero attached hydrogens (tertiary/aromatic N) is 4. The fourth-order valence-electron chi connectivity index (χ4n) is 4.00. The quantitative estimate of drug-likeness (QED) is 0.561. The zero-order valence-electron chi connectivity index (χ0n) is 18.0. The molecule has 1 fully saturated rings. The molecule has 2 aromatic heterocycles. The van der Waals surface area contributed by atoms with E-state index in [0.717, 1.165) is 48.5 Å². The molecule has 3 heterocycles. The number of piperazine rings is 1. The number of pyridine rings is 2. The molecule has 0 spiro atoms. The molecule has 4 rings (SSSR count). The van der Waals surface area contributed by atoms with Gasteiger partial charge in [-0.3, -0.25) is 4.98 Å². The number of anilines is 2. The molecule has 1 saturated heterocycles. The minimum Gasteiger partial charge on any atom is -0.494 e. The first-order valence-corrected chi connectivity index (χ1v) is 10.3. The van der Waals surface area contributed by atoms with Gasteiger partial charge in [0.05, 0.1) is 32.2 Å². The van der Waals surface area contributed by atoms with E-state index in [9.17, 15) is 4.79 Å². The van der Waals surface area contributed by atoms with Crippen LogP contribution in [0.25, 0.3) is 10.9 Å². The number of rotatable bonds is 6. The largest absolute Gasteiger partial charge is 0.494 e. The molecule has 0 bridgehead atoms. The molecule has 31 heavy (non-hydrogen) atoms. The Labute approximate surface area is 181 Å². The van der Waals surface area contributed by atoms with E-state index in [1.165, 1.54) is 0 Å². The third kappa shape index (κ3) is 3.93. The molecule has 0 saturated carbocycles. The normalized spacial score (nSPS) is 13.9. The smallest absolute Gasteiger partial charge is 0.341 e. The van der Waals surface area contributed by atoms with E-state index in [0.29, 0.717) is 23.8 Å². The summed E-state index contributed by atoms with van der Waals surface area (Å²) in [6.45, 7) is 5.08. The summed E-state index contributed by atoms with van der Waals surface area (Å²) in [7, 11) is 3.25. The fraction of sp³-hybridized carbons (Fsp3) is 0.348. The molecule has 0 atom stereocenters. The summed E-state index contributed by atoms with van der Waals surface area (Å²) in [5, 5.41) is 0.873. The van der Waals surface area contributed by atoms with Crippen molar-refractivity contribution in [3.05, 3.63) is 48.3 Å². The lowest BCUT2D eigenvalue weighted by Gasteiger charge is -2.38. The van der Waals surface area contributed by atoms with Gasteiger partial charge in [0, 0.05) is 44.0 Å². The highest BCUT2D eigenvalue weighted by Gasteiger charge is 2.26. The van der Waals surface area contributed by atoms with Gasteiger partial charge in [0.2, 0.25) is 5.88 Å². The molecule has 8 nitrogen and oxygen atoms in total. The van der Waals surface area contributed by atoms with Crippen LogP contribution in [-0.2, 0) is 4.74 Å². The lowest BCUT2D eigenvalue weighted by molar-refractivity contribution is 0.0526. The van der Waals surface area contributed by atoms with Crippen LogP contribution in [0.1, 0.15) is 17.3 Å². The van der Waals surface area contributed by atoms with Crippen LogP contribution in [0.3, 0.4) is 0 Å².